The minimum absolute atomic E-state index is 0.102. The van der Waals surface area contributed by atoms with Gasteiger partial charge in [-0.2, -0.15) is 0 Å². The van der Waals surface area contributed by atoms with Crippen LogP contribution in [-0.2, 0) is 17.6 Å². The molecule has 1 atom stereocenters. The molecule has 2 aromatic carbocycles. The number of carboxylic acid groups (broad SMARTS) is 1. The number of hydrogen-bond acceptors (Lipinski definition) is 1. The standard InChI is InChI=1S/C17H15ClO2/c18-16-7-3-6-13-14(16)9-8-11-4-1-2-5-12(11)15(13)10-17(19)20/h1-7,15H,8-10H2,(H,19,20)/t15-/m0/s1. The van der Waals surface area contributed by atoms with Crippen molar-refractivity contribution in [1.82, 2.24) is 0 Å². The highest BCUT2D eigenvalue weighted by atomic mass is 35.5. The maximum absolute atomic E-state index is 11.3. The molecule has 20 heavy (non-hydrogen) atoms. The zero-order valence-electron chi connectivity index (χ0n) is 11.0. The highest BCUT2D eigenvalue weighted by molar-refractivity contribution is 6.31. The molecule has 1 N–H and O–H groups in total. The number of rotatable bonds is 2. The van der Waals surface area contributed by atoms with Crippen molar-refractivity contribution in [2.75, 3.05) is 0 Å². The van der Waals surface area contributed by atoms with E-state index >= 15 is 0 Å². The molecule has 0 heterocycles. The fourth-order valence-electron chi connectivity index (χ4n) is 3.09. The molecule has 0 aromatic heterocycles. The van der Waals surface area contributed by atoms with Gasteiger partial charge in [0.2, 0.25) is 0 Å². The van der Waals surface area contributed by atoms with E-state index in [1.807, 2.05) is 36.4 Å². The van der Waals surface area contributed by atoms with Gasteiger partial charge in [0, 0.05) is 10.9 Å². The minimum atomic E-state index is -0.780. The van der Waals surface area contributed by atoms with Gasteiger partial charge < -0.3 is 5.11 Å². The van der Waals surface area contributed by atoms with Crippen molar-refractivity contribution in [1.29, 1.82) is 0 Å². The first-order valence-corrected chi connectivity index (χ1v) is 7.11. The molecule has 1 aliphatic rings. The van der Waals surface area contributed by atoms with Crippen LogP contribution in [-0.4, -0.2) is 11.1 Å². The summed E-state index contributed by atoms with van der Waals surface area (Å²) in [7, 11) is 0. The Bertz CT molecular complexity index is 664. The molecule has 1 aliphatic carbocycles. The van der Waals surface area contributed by atoms with E-state index < -0.39 is 5.97 Å². The SMILES string of the molecule is O=C(O)C[C@H]1c2ccccc2CCc2c(Cl)cccc21. The Balaban J connectivity index is 2.19. The van der Waals surface area contributed by atoms with E-state index in [1.54, 1.807) is 0 Å². The van der Waals surface area contributed by atoms with Gasteiger partial charge in [0.1, 0.15) is 0 Å². The maximum Gasteiger partial charge on any atom is 0.304 e. The predicted molar refractivity (Wildman–Crippen MR) is 79.4 cm³/mol. The summed E-state index contributed by atoms with van der Waals surface area (Å²) in [4.78, 5) is 11.3. The van der Waals surface area contributed by atoms with Crippen molar-refractivity contribution in [2.24, 2.45) is 0 Å². The van der Waals surface area contributed by atoms with Crippen LogP contribution in [0, 0.1) is 0 Å². The van der Waals surface area contributed by atoms with E-state index in [0.29, 0.717) is 0 Å². The molecule has 3 heteroatoms. The van der Waals surface area contributed by atoms with Crippen molar-refractivity contribution in [3.8, 4) is 0 Å². The molecule has 0 radical (unpaired) electrons. The third kappa shape index (κ3) is 2.32. The van der Waals surface area contributed by atoms with E-state index in [-0.39, 0.29) is 12.3 Å². The topological polar surface area (TPSA) is 37.3 Å². The number of halogens is 1. The Hall–Kier alpha value is -1.80. The molecule has 0 saturated carbocycles. The Morgan fingerprint density at radius 2 is 1.85 bits per heavy atom. The molecule has 2 nitrogen and oxygen atoms in total. The van der Waals surface area contributed by atoms with Gasteiger partial charge in [-0.05, 0) is 41.2 Å². The number of aliphatic carboxylic acids is 1. The zero-order chi connectivity index (χ0) is 14.1. The molecule has 3 rings (SSSR count). The Labute approximate surface area is 123 Å². The van der Waals surface area contributed by atoms with Crippen molar-refractivity contribution in [2.45, 2.75) is 25.2 Å². The summed E-state index contributed by atoms with van der Waals surface area (Å²) in [5, 5.41) is 9.99. The zero-order valence-corrected chi connectivity index (χ0v) is 11.7. The van der Waals surface area contributed by atoms with Gasteiger partial charge in [-0.25, -0.2) is 0 Å². The Kier molecular flexibility index (Phi) is 3.49. The molecule has 102 valence electrons. The van der Waals surface area contributed by atoms with Gasteiger partial charge in [-0.3, -0.25) is 4.79 Å². The van der Waals surface area contributed by atoms with Crippen LogP contribution in [0.4, 0.5) is 0 Å². The molecule has 0 spiro atoms. The highest BCUT2D eigenvalue weighted by Gasteiger charge is 2.26. The first-order valence-electron chi connectivity index (χ1n) is 6.73. The van der Waals surface area contributed by atoms with E-state index in [1.165, 1.54) is 5.56 Å². The number of benzene rings is 2. The lowest BCUT2D eigenvalue weighted by Crippen LogP contribution is -2.09. The molecule has 0 bridgehead atoms. The number of fused-ring (bicyclic) bond motifs is 2. The van der Waals surface area contributed by atoms with Gasteiger partial charge >= 0.3 is 5.97 Å². The molecule has 0 fully saturated rings. The minimum Gasteiger partial charge on any atom is -0.481 e. The first kappa shape index (κ1) is 13.2. The van der Waals surface area contributed by atoms with Crippen molar-refractivity contribution >= 4 is 17.6 Å². The van der Waals surface area contributed by atoms with Crippen LogP contribution in [0.2, 0.25) is 5.02 Å². The van der Waals surface area contributed by atoms with Crippen LogP contribution >= 0.6 is 11.6 Å². The second kappa shape index (κ2) is 5.29. The predicted octanol–water partition coefficient (Wildman–Crippen LogP) is 4.05. The Morgan fingerprint density at radius 1 is 1.10 bits per heavy atom. The maximum atomic E-state index is 11.3. The average Bonchev–Trinajstić information content (AvgIpc) is 2.58. The smallest absolute Gasteiger partial charge is 0.304 e. The third-order valence-electron chi connectivity index (χ3n) is 3.98. The van der Waals surface area contributed by atoms with Crippen molar-refractivity contribution < 1.29 is 9.90 Å². The van der Waals surface area contributed by atoms with E-state index in [0.717, 1.165) is 34.6 Å². The van der Waals surface area contributed by atoms with Gasteiger partial charge in [0.05, 0.1) is 6.42 Å². The van der Waals surface area contributed by atoms with Gasteiger partial charge in [0.25, 0.3) is 0 Å². The summed E-state index contributed by atoms with van der Waals surface area (Å²) in [6.45, 7) is 0. The monoisotopic (exact) mass is 286 g/mol. The molecule has 2 aromatic rings. The summed E-state index contributed by atoms with van der Waals surface area (Å²) in [5.74, 6) is -0.891. The fourth-order valence-corrected chi connectivity index (χ4v) is 3.37. The van der Waals surface area contributed by atoms with Crippen LogP contribution in [0.15, 0.2) is 42.5 Å². The average molecular weight is 287 g/mol. The number of carboxylic acids is 1. The van der Waals surface area contributed by atoms with Crippen LogP contribution in [0.5, 0.6) is 0 Å². The van der Waals surface area contributed by atoms with Gasteiger partial charge in [-0.15, -0.1) is 0 Å². The lowest BCUT2D eigenvalue weighted by molar-refractivity contribution is -0.137. The molecule has 0 unspecified atom stereocenters. The molecule has 0 saturated heterocycles. The van der Waals surface area contributed by atoms with Gasteiger partial charge in [-0.1, -0.05) is 48.0 Å². The largest absolute Gasteiger partial charge is 0.481 e. The Morgan fingerprint density at radius 3 is 2.65 bits per heavy atom. The number of aryl methyl sites for hydroxylation is 1. The quantitative estimate of drug-likeness (QED) is 0.904. The summed E-state index contributed by atoms with van der Waals surface area (Å²) in [6.07, 6.45) is 1.87. The number of hydrogen-bond donors (Lipinski definition) is 1. The van der Waals surface area contributed by atoms with Crippen LogP contribution < -0.4 is 0 Å². The molecule has 0 amide bonds. The summed E-state index contributed by atoms with van der Waals surface area (Å²) in [6, 6.07) is 13.9. The number of carbonyl (C=O) groups is 1. The molecular formula is C17H15ClO2. The van der Waals surface area contributed by atoms with Gasteiger partial charge in [0.15, 0.2) is 0 Å². The molecule has 0 aliphatic heterocycles. The normalized spacial score (nSPS) is 16.9. The van der Waals surface area contributed by atoms with E-state index in [9.17, 15) is 9.90 Å². The highest BCUT2D eigenvalue weighted by Crippen LogP contribution is 2.38. The second-order valence-electron chi connectivity index (χ2n) is 5.16. The lowest BCUT2D eigenvalue weighted by atomic mass is 9.86. The van der Waals surface area contributed by atoms with Crippen LogP contribution in [0.3, 0.4) is 0 Å². The summed E-state index contributed by atoms with van der Waals surface area (Å²) < 4.78 is 0. The van der Waals surface area contributed by atoms with Crippen LogP contribution in [0.1, 0.15) is 34.6 Å². The van der Waals surface area contributed by atoms with Crippen LogP contribution in [0.25, 0.3) is 0 Å². The summed E-state index contributed by atoms with van der Waals surface area (Å²) in [5.41, 5.74) is 4.50. The fraction of sp³-hybridized carbons (Fsp3) is 0.235. The van der Waals surface area contributed by atoms with E-state index in [2.05, 4.69) is 6.07 Å². The third-order valence-corrected chi connectivity index (χ3v) is 4.34. The second-order valence-corrected chi connectivity index (χ2v) is 5.56. The van der Waals surface area contributed by atoms with E-state index in [4.69, 9.17) is 11.6 Å². The first-order chi connectivity index (χ1) is 9.66. The lowest BCUT2D eigenvalue weighted by Gasteiger charge is -2.19. The summed E-state index contributed by atoms with van der Waals surface area (Å²) >= 11 is 6.31. The van der Waals surface area contributed by atoms with Crippen molar-refractivity contribution in [3.05, 3.63) is 69.7 Å². The molecular weight excluding hydrogens is 272 g/mol. The van der Waals surface area contributed by atoms with Crippen molar-refractivity contribution in [3.63, 3.8) is 0 Å².